The van der Waals surface area contributed by atoms with Gasteiger partial charge in [-0.2, -0.15) is 15.6 Å². The van der Waals surface area contributed by atoms with E-state index in [1.165, 1.54) is 9.71 Å². The molecule has 2 aromatic heterocycles. The number of hydrogen-bond acceptors (Lipinski definition) is 6. The van der Waals surface area contributed by atoms with E-state index in [1.807, 2.05) is 48.0 Å². The highest BCUT2D eigenvalue weighted by Crippen LogP contribution is 2.30. The number of nitrogens with zero attached hydrogens (tertiary/aromatic N) is 3. The molecule has 1 aliphatic rings. The van der Waals surface area contributed by atoms with E-state index in [1.54, 1.807) is 17.4 Å². The van der Waals surface area contributed by atoms with Crippen molar-refractivity contribution in [2.45, 2.75) is 25.7 Å². The van der Waals surface area contributed by atoms with Crippen molar-refractivity contribution < 1.29 is 12.8 Å². The molecule has 1 aromatic carbocycles. The normalized spacial score (nSPS) is 18.7. The molecule has 146 valence electrons. The minimum Gasteiger partial charge on any atom is -0.420 e. The van der Waals surface area contributed by atoms with E-state index in [0.29, 0.717) is 24.9 Å². The summed E-state index contributed by atoms with van der Waals surface area (Å²) in [6, 6.07) is 9.67. The second-order valence-corrected chi connectivity index (χ2v) is 9.51. The Bertz CT molecular complexity index is 1050. The van der Waals surface area contributed by atoms with Crippen molar-refractivity contribution in [1.29, 1.82) is 0 Å². The molecule has 4 rings (SSSR count). The van der Waals surface area contributed by atoms with Gasteiger partial charge in [0, 0.05) is 29.4 Å². The van der Waals surface area contributed by atoms with Gasteiger partial charge in [-0.25, -0.2) is 8.42 Å². The highest BCUT2D eigenvalue weighted by atomic mass is 32.2. The van der Waals surface area contributed by atoms with E-state index < -0.39 is 10.0 Å². The molecule has 0 amide bonds. The number of benzene rings is 1. The SMILES string of the molecule is Cc1ccc(/C=C/S(=O)(=O)N2CCCC(c3nnc(-c4ccsc4)o3)C2)cc1. The Kier molecular flexibility index (Phi) is 5.43. The Morgan fingerprint density at radius 2 is 2.04 bits per heavy atom. The first-order valence-corrected chi connectivity index (χ1v) is 11.6. The van der Waals surface area contributed by atoms with E-state index in [0.717, 1.165) is 29.5 Å². The van der Waals surface area contributed by atoms with Crippen molar-refractivity contribution in [3.63, 3.8) is 0 Å². The highest BCUT2D eigenvalue weighted by Gasteiger charge is 2.31. The molecule has 3 aromatic rings. The second-order valence-electron chi connectivity index (χ2n) is 6.91. The Labute approximate surface area is 168 Å². The largest absolute Gasteiger partial charge is 0.420 e. The zero-order valence-corrected chi connectivity index (χ0v) is 17.1. The van der Waals surface area contributed by atoms with Gasteiger partial charge in [0.1, 0.15) is 0 Å². The van der Waals surface area contributed by atoms with Crippen LogP contribution in [0.5, 0.6) is 0 Å². The van der Waals surface area contributed by atoms with Gasteiger partial charge in [-0.05, 0) is 42.9 Å². The third-order valence-corrected chi connectivity index (χ3v) is 7.03. The molecule has 28 heavy (non-hydrogen) atoms. The summed E-state index contributed by atoms with van der Waals surface area (Å²) in [5.74, 6) is 0.898. The summed E-state index contributed by atoms with van der Waals surface area (Å²) in [7, 11) is -3.50. The average molecular weight is 416 g/mol. The molecule has 1 saturated heterocycles. The Morgan fingerprint density at radius 1 is 1.21 bits per heavy atom. The van der Waals surface area contributed by atoms with Crippen LogP contribution in [-0.4, -0.2) is 36.0 Å². The number of aromatic nitrogens is 2. The minimum absolute atomic E-state index is 0.0869. The third-order valence-electron chi connectivity index (χ3n) is 4.81. The molecule has 6 nitrogen and oxygen atoms in total. The molecular formula is C20H21N3O3S2. The third kappa shape index (κ3) is 4.24. The van der Waals surface area contributed by atoms with Crippen LogP contribution in [0.15, 0.2) is 50.9 Å². The zero-order valence-electron chi connectivity index (χ0n) is 15.5. The van der Waals surface area contributed by atoms with E-state index >= 15 is 0 Å². The standard InChI is InChI=1S/C20H21N3O3S2/c1-15-4-6-16(7-5-15)9-12-28(24,25)23-10-2-3-17(13-23)19-21-22-20(26-19)18-8-11-27-14-18/h4-9,11-12,14,17H,2-3,10,13H2,1H3/b12-9+. The van der Waals surface area contributed by atoms with Gasteiger partial charge in [-0.3, -0.25) is 0 Å². The number of sulfonamides is 1. The molecule has 0 bridgehead atoms. The zero-order chi connectivity index (χ0) is 19.6. The van der Waals surface area contributed by atoms with Crippen LogP contribution in [0.2, 0.25) is 0 Å². The summed E-state index contributed by atoms with van der Waals surface area (Å²) in [5, 5.41) is 13.5. The molecule has 0 N–H and O–H groups in total. The first-order valence-electron chi connectivity index (χ1n) is 9.12. The number of aryl methyl sites for hydroxylation is 1. The highest BCUT2D eigenvalue weighted by molar-refractivity contribution is 7.92. The molecule has 0 saturated carbocycles. The summed E-state index contributed by atoms with van der Waals surface area (Å²) >= 11 is 1.56. The van der Waals surface area contributed by atoms with Gasteiger partial charge in [0.25, 0.3) is 0 Å². The monoisotopic (exact) mass is 415 g/mol. The molecule has 3 heterocycles. The molecule has 0 radical (unpaired) electrons. The molecular weight excluding hydrogens is 394 g/mol. The van der Waals surface area contributed by atoms with Crippen LogP contribution in [0, 0.1) is 6.92 Å². The van der Waals surface area contributed by atoms with Crippen LogP contribution in [0.1, 0.15) is 35.8 Å². The van der Waals surface area contributed by atoms with Crippen LogP contribution < -0.4 is 0 Å². The topological polar surface area (TPSA) is 76.3 Å². The minimum atomic E-state index is -3.50. The molecule has 1 fully saturated rings. The second kappa shape index (κ2) is 7.98. The van der Waals surface area contributed by atoms with Gasteiger partial charge in [0.15, 0.2) is 0 Å². The fraction of sp³-hybridized carbons (Fsp3) is 0.300. The summed E-state index contributed by atoms with van der Waals surface area (Å²) in [4.78, 5) is 0. The maximum atomic E-state index is 12.8. The maximum absolute atomic E-state index is 12.8. The van der Waals surface area contributed by atoms with Crippen molar-refractivity contribution >= 4 is 27.4 Å². The lowest BCUT2D eigenvalue weighted by Crippen LogP contribution is -2.38. The summed E-state index contributed by atoms with van der Waals surface area (Å²) in [6.07, 6.45) is 3.23. The van der Waals surface area contributed by atoms with Crippen molar-refractivity contribution in [1.82, 2.24) is 14.5 Å². The quantitative estimate of drug-likeness (QED) is 0.621. The first-order chi connectivity index (χ1) is 13.5. The molecule has 1 atom stereocenters. The van der Waals surface area contributed by atoms with Gasteiger partial charge in [-0.1, -0.05) is 29.8 Å². The van der Waals surface area contributed by atoms with Crippen molar-refractivity contribution in [3.8, 4) is 11.5 Å². The lowest BCUT2D eigenvalue weighted by atomic mass is 10.00. The van der Waals surface area contributed by atoms with E-state index in [2.05, 4.69) is 10.2 Å². The van der Waals surface area contributed by atoms with Crippen molar-refractivity contribution in [2.75, 3.05) is 13.1 Å². The predicted octanol–water partition coefficient (Wildman–Crippen LogP) is 4.29. The van der Waals surface area contributed by atoms with Crippen LogP contribution in [-0.2, 0) is 10.0 Å². The molecule has 0 spiro atoms. The number of rotatable bonds is 5. The Balaban J connectivity index is 1.47. The lowest BCUT2D eigenvalue weighted by molar-refractivity contribution is 0.288. The van der Waals surface area contributed by atoms with Crippen molar-refractivity contribution in [3.05, 3.63) is 63.5 Å². The summed E-state index contributed by atoms with van der Waals surface area (Å²) in [6.45, 7) is 2.86. The average Bonchev–Trinajstić information content (AvgIpc) is 3.39. The molecule has 1 aliphatic heterocycles. The maximum Gasteiger partial charge on any atom is 0.248 e. The van der Waals surface area contributed by atoms with Gasteiger partial charge in [0.05, 0.1) is 5.92 Å². The number of thiophene rings is 1. The fourth-order valence-corrected chi connectivity index (χ4v) is 5.11. The lowest BCUT2D eigenvalue weighted by Gasteiger charge is -2.29. The molecule has 0 aliphatic carbocycles. The van der Waals surface area contributed by atoms with Gasteiger partial charge < -0.3 is 4.42 Å². The van der Waals surface area contributed by atoms with Crippen LogP contribution in [0.3, 0.4) is 0 Å². The van der Waals surface area contributed by atoms with Crippen molar-refractivity contribution in [2.24, 2.45) is 0 Å². The molecule has 8 heteroatoms. The van der Waals surface area contributed by atoms with E-state index in [4.69, 9.17) is 4.42 Å². The Morgan fingerprint density at radius 3 is 2.79 bits per heavy atom. The summed E-state index contributed by atoms with van der Waals surface area (Å²) in [5.41, 5.74) is 2.89. The predicted molar refractivity (Wildman–Crippen MR) is 110 cm³/mol. The molecule has 1 unspecified atom stereocenters. The van der Waals surface area contributed by atoms with E-state index in [9.17, 15) is 8.42 Å². The first kappa shape index (κ1) is 19.0. The van der Waals surface area contributed by atoms with Gasteiger partial charge in [-0.15, -0.1) is 10.2 Å². The van der Waals surface area contributed by atoms with E-state index in [-0.39, 0.29) is 5.92 Å². The van der Waals surface area contributed by atoms with Crippen LogP contribution in [0.25, 0.3) is 17.5 Å². The van der Waals surface area contributed by atoms with Gasteiger partial charge >= 0.3 is 0 Å². The fourth-order valence-electron chi connectivity index (χ4n) is 3.21. The summed E-state index contributed by atoms with van der Waals surface area (Å²) < 4.78 is 32.9. The smallest absolute Gasteiger partial charge is 0.248 e. The van der Waals surface area contributed by atoms with Crippen LogP contribution in [0.4, 0.5) is 0 Å². The van der Waals surface area contributed by atoms with Crippen LogP contribution >= 0.6 is 11.3 Å². The van der Waals surface area contributed by atoms with Gasteiger partial charge in [0.2, 0.25) is 21.8 Å². The Hall–Kier alpha value is -2.29. The number of hydrogen-bond donors (Lipinski definition) is 0. The number of piperidine rings is 1.